The first kappa shape index (κ1) is 9.43. The van der Waals surface area contributed by atoms with E-state index in [-0.39, 0.29) is 0 Å². The minimum atomic E-state index is 0.394. The number of hydrogen-bond donors (Lipinski definition) is 0. The zero-order valence-electron chi connectivity index (χ0n) is 7.09. The molecule has 2 heterocycles. The first-order valence-corrected chi connectivity index (χ1v) is 5.10. The standard InChI is InChI=1S/C9H6ClN3S/c10-7-5-11-6-9(13-7)14-8-3-1-2-4-12-8/h1-6H. The summed E-state index contributed by atoms with van der Waals surface area (Å²) in [5.41, 5.74) is 0. The molecule has 0 fully saturated rings. The van der Waals surface area contributed by atoms with E-state index in [1.807, 2.05) is 18.2 Å². The third kappa shape index (κ3) is 2.43. The summed E-state index contributed by atoms with van der Waals surface area (Å²) in [4.78, 5) is 12.2. The van der Waals surface area contributed by atoms with Gasteiger partial charge in [-0.15, -0.1) is 0 Å². The highest BCUT2D eigenvalue weighted by molar-refractivity contribution is 7.99. The van der Waals surface area contributed by atoms with Gasteiger partial charge in [0.1, 0.15) is 15.2 Å². The summed E-state index contributed by atoms with van der Waals surface area (Å²) in [7, 11) is 0. The van der Waals surface area contributed by atoms with Gasteiger partial charge >= 0.3 is 0 Å². The lowest BCUT2D eigenvalue weighted by molar-refractivity contribution is 1.04. The first-order valence-electron chi connectivity index (χ1n) is 3.91. The summed E-state index contributed by atoms with van der Waals surface area (Å²) in [6.45, 7) is 0. The molecule has 0 N–H and O–H groups in total. The van der Waals surface area contributed by atoms with Crippen LogP contribution in [-0.4, -0.2) is 15.0 Å². The second-order valence-electron chi connectivity index (χ2n) is 2.45. The molecule has 0 unspecified atom stereocenters. The Bertz CT molecular complexity index is 421. The molecule has 2 aromatic rings. The maximum Gasteiger partial charge on any atom is 0.148 e. The molecule has 3 nitrogen and oxygen atoms in total. The van der Waals surface area contributed by atoms with Crippen LogP contribution in [0.4, 0.5) is 0 Å². The van der Waals surface area contributed by atoms with Gasteiger partial charge in [0.05, 0.1) is 12.4 Å². The average molecular weight is 224 g/mol. The van der Waals surface area contributed by atoms with Crippen LogP contribution in [0.2, 0.25) is 5.15 Å². The van der Waals surface area contributed by atoms with Gasteiger partial charge in [-0.1, -0.05) is 17.7 Å². The molecule has 0 radical (unpaired) electrons. The fraction of sp³-hybridized carbons (Fsp3) is 0. The normalized spacial score (nSPS) is 10.1. The Morgan fingerprint density at radius 1 is 1.14 bits per heavy atom. The van der Waals surface area contributed by atoms with Gasteiger partial charge in [-0.05, 0) is 23.9 Å². The Morgan fingerprint density at radius 2 is 2.07 bits per heavy atom. The number of halogens is 1. The van der Waals surface area contributed by atoms with E-state index in [1.165, 1.54) is 18.0 Å². The van der Waals surface area contributed by atoms with Gasteiger partial charge in [-0.3, -0.25) is 4.98 Å². The van der Waals surface area contributed by atoms with E-state index in [2.05, 4.69) is 15.0 Å². The van der Waals surface area contributed by atoms with Crippen LogP contribution in [0.25, 0.3) is 0 Å². The SMILES string of the molecule is Clc1cncc(Sc2ccccn2)n1. The molecule has 0 aliphatic carbocycles. The lowest BCUT2D eigenvalue weighted by Crippen LogP contribution is -1.84. The van der Waals surface area contributed by atoms with Crippen LogP contribution in [-0.2, 0) is 0 Å². The highest BCUT2D eigenvalue weighted by Gasteiger charge is 2.00. The summed E-state index contributed by atoms with van der Waals surface area (Å²) in [6.07, 6.45) is 4.90. The molecular formula is C9H6ClN3S. The molecule has 5 heteroatoms. The Morgan fingerprint density at radius 3 is 2.79 bits per heavy atom. The molecule has 0 aliphatic heterocycles. The summed E-state index contributed by atoms with van der Waals surface area (Å²) in [5.74, 6) is 0. The van der Waals surface area contributed by atoms with Crippen LogP contribution in [0.1, 0.15) is 0 Å². The minimum Gasteiger partial charge on any atom is -0.259 e. The summed E-state index contributed by atoms with van der Waals surface area (Å²) < 4.78 is 0. The number of hydrogen-bond acceptors (Lipinski definition) is 4. The molecule has 14 heavy (non-hydrogen) atoms. The highest BCUT2D eigenvalue weighted by atomic mass is 35.5. The molecule has 0 aliphatic rings. The zero-order chi connectivity index (χ0) is 9.80. The van der Waals surface area contributed by atoms with Gasteiger partial charge in [0.2, 0.25) is 0 Å². The van der Waals surface area contributed by atoms with E-state index in [0.29, 0.717) is 5.15 Å². The third-order valence-electron chi connectivity index (χ3n) is 1.43. The fourth-order valence-electron chi connectivity index (χ4n) is 0.889. The lowest BCUT2D eigenvalue weighted by atomic mass is 10.5. The molecule has 0 atom stereocenters. The molecule has 2 aromatic heterocycles. The summed E-state index contributed by atoms with van der Waals surface area (Å²) in [5, 5.41) is 2.02. The van der Waals surface area contributed by atoms with E-state index in [9.17, 15) is 0 Å². The van der Waals surface area contributed by atoms with E-state index < -0.39 is 0 Å². The van der Waals surface area contributed by atoms with Crippen LogP contribution >= 0.6 is 23.4 Å². The molecule has 0 saturated heterocycles. The average Bonchev–Trinajstić information content (AvgIpc) is 2.19. The Hall–Kier alpha value is -1.13. The molecule has 0 saturated carbocycles. The Labute approximate surface area is 90.6 Å². The fourth-order valence-corrected chi connectivity index (χ4v) is 1.82. The second-order valence-corrected chi connectivity index (χ2v) is 3.88. The number of aromatic nitrogens is 3. The summed E-state index contributed by atoms with van der Waals surface area (Å²) >= 11 is 7.14. The molecule has 70 valence electrons. The predicted octanol–water partition coefficient (Wildman–Crippen LogP) is 2.68. The van der Waals surface area contributed by atoms with Crippen molar-refractivity contribution >= 4 is 23.4 Å². The quantitative estimate of drug-likeness (QED) is 0.785. The van der Waals surface area contributed by atoms with Crippen molar-refractivity contribution in [1.29, 1.82) is 0 Å². The Kier molecular flexibility index (Phi) is 2.96. The van der Waals surface area contributed by atoms with Gasteiger partial charge in [-0.25, -0.2) is 9.97 Å². The van der Waals surface area contributed by atoms with Crippen molar-refractivity contribution in [1.82, 2.24) is 15.0 Å². The number of pyridine rings is 1. The van der Waals surface area contributed by atoms with Crippen LogP contribution in [0.5, 0.6) is 0 Å². The maximum absolute atomic E-state index is 5.70. The molecule has 0 spiro atoms. The highest BCUT2D eigenvalue weighted by Crippen LogP contribution is 2.23. The monoisotopic (exact) mass is 223 g/mol. The van der Waals surface area contributed by atoms with Gasteiger partial charge in [0, 0.05) is 6.20 Å². The first-order chi connectivity index (χ1) is 6.84. The molecule has 2 rings (SSSR count). The van der Waals surface area contributed by atoms with Gasteiger partial charge in [0.15, 0.2) is 0 Å². The zero-order valence-corrected chi connectivity index (χ0v) is 8.66. The van der Waals surface area contributed by atoms with Crippen molar-refractivity contribution in [3.05, 3.63) is 41.9 Å². The molecule has 0 aromatic carbocycles. The van der Waals surface area contributed by atoms with Crippen molar-refractivity contribution in [2.45, 2.75) is 10.1 Å². The van der Waals surface area contributed by atoms with Crippen molar-refractivity contribution in [3.63, 3.8) is 0 Å². The van der Waals surface area contributed by atoms with Crippen LogP contribution < -0.4 is 0 Å². The Balaban J connectivity index is 2.19. The second kappa shape index (κ2) is 4.39. The van der Waals surface area contributed by atoms with Gasteiger partial charge in [0.25, 0.3) is 0 Å². The third-order valence-corrected chi connectivity index (χ3v) is 2.47. The maximum atomic E-state index is 5.70. The lowest BCUT2D eigenvalue weighted by Gasteiger charge is -1.98. The van der Waals surface area contributed by atoms with Gasteiger partial charge < -0.3 is 0 Å². The van der Waals surface area contributed by atoms with Crippen molar-refractivity contribution in [2.75, 3.05) is 0 Å². The van der Waals surface area contributed by atoms with E-state index in [0.717, 1.165) is 10.1 Å². The smallest absolute Gasteiger partial charge is 0.148 e. The van der Waals surface area contributed by atoms with E-state index in [1.54, 1.807) is 12.4 Å². The molecule has 0 amide bonds. The van der Waals surface area contributed by atoms with E-state index in [4.69, 9.17) is 11.6 Å². The number of nitrogens with zero attached hydrogens (tertiary/aromatic N) is 3. The van der Waals surface area contributed by atoms with E-state index >= 15 is 0 Å². The van der Waals surface area contributed by atoms with Crippen molar-refractivity contribution < 1.29 is 0 Å². The summed E-state index contributed by atoms with van der Waals surface area (Å²) in [6, 6.07) is 5.70. The van der Waals surface area contributed by atoms with Crippen LogP contribution in [0.15, 0.2) is 46.8 Å². The van der Waals surface area contributed by atoms with Gasteiger partial charge in [-0.2, -0.15) is 0 Å². The van der Waals surface area contributed by atoms with Crippen LogP contribution in [0, 0.1) is 0 Å². The number of rotatable bonds is 2. The topological polar surface area (TPSA) is 38.7 Å². The largest absolute Gasteiger partial charge is 0.259 e. The molecular weight excluding hydrogens is 218 g/mol. The van der Waals surface area contributed by atoms with Crippen molar-refractivity contribution in [2.24, 2.45) is 0 Å². The minimum absolute atomic E-state index is 0.394. The predicted molar refractivity (Wildman–Crippen MR) is 55.4 cm³/mol. The molecule has 0 bridgehead atoms. The van der Waals surface area contributed by atoms with Crippen molar-refractivity contribution in [3.8, 4) is 0 Å². The van der Waals surface area contributed by atoms with Crippen LogP contribution in [0.3, 0.4) is 0 Å².